The van der Waals surface area contributed by atoms with E-state index in [1.807, 2.05) is 12.1 Å². The number of likely N-dealkylation sites (N-methyl/N-ethyl adjacent to an activating group) is 1. The van der Waals surface area contributed by atoms with E-state index in [0.29, 0.717) is 40.5 Å². The predicted octanol–water partition coefficient (Wildman–Crippen LogP) is 4.60. The number of hydrogen-bond donors (Lipinski definition) is 1. The van der Waals surface area contributed by atoms with Gasteiger partial charge in [-0.05, 0) is 94.3 Å². The van der Waals surface area contributed by atoms with Gasteiger partial charge in [-0.2, -0.15) is 0 Å². The van der Waals surface area contributed by atoms with Crippen molar-refractivity contribution in [3.63, 3.8) is 0 Å². The minimum atomic E-state index is -3.91. The van der Waals surface area contributed by atoms with Crippen molar-refractivity contribution in [3.8, 4) is 5.75 Å². The maximum absolute atomic E-state index is 14.1. The molecule has 43 heavy (non-hydrogen) atoms. The highest BCUT2D eigenvalue weighted by molar-refractivity contribution is 7.91. The van der Waals surface area contributed by atoms with Gasteiger partial charge in [0.15, 0.2) is 0 Å². The fourth-order valence-electron chi connectivity index (χ4n) is 6.41. The second-order valence-electron chi connectivity index (χ2n) is 11.5. The first kappa shape index (κ1) is 31.2. The summed E-state index contributed by atoms with van der Waals surface area (Å²) in [7, 11) is -2.35. The van der Waals surface area contributed by atoms with Crippen molar-refractivity contribution in [2.75, 3.05) is 64.4 Å². The van der Waals surface area contributed by atoms with Crippen LogP contribution in [0.2, 0.25) is 0 Å². The van der Waals surface area contributed by atoms with E-state index < -0.39 is 9.84 Å². The smallest absolute Gasteiger partial charge is 0.251 e. The third-order valence-corrected chi connectivity index (χ3v) is 10.8. The molecule has 5 rings (SSSR count). The van der Waals surface area contributed by atoms with E-state index in [2.05, 4.69) is 38.8 Å². The van der Waals surface area contributed by atoms with E-state index in [1.54, 1.807) is 37.4 Å². The average molecular weight is 608 g/mol. The highest BCUT2D eigenvalue weighted by Crippen LogP contribution is 2.38. The van der Waals surface area contributed by atoms with Crippen molar-refractivity contribution >= 4 is 32.3 Å². The molecule has 2 fully saturated rings. The number of carbonyl (C=O) groups excluding carboxylic acids is 1. The van der Waals surface area contributed by atoms with Crippen LogP contribution in [0.15, 0.2) is 58.5 Å². The number of ether oxygens (including phenoxy) is 1. The van der Waals surface area contributed by atoms with Crippen LogP contribution in [0.25, 0.3) is 10.9 Å². The van der Waals surface area contributed by atoms with Gasteiger partial charge >= 0.3 is 0 Å². The van der Waals surface area contributed by atoms with Gasteiger partial charge in [-0.1, -0.05) is 20.3 Å². The number of fused-ring (bicyclic) bond motifs is 1. The number of sulfone groups is 1. The number of anilines is 1. The van der Waals surface area contributed by atoms with Crippen LogP contribution in [-0.4, -0.2) is 94.6 Å². The molecule has 2 aromatic carbocycles. The van der Waals surface area contributed by atoms with Crippen molar-refractivity contribution in [2.45, 2.75) is 61.8 Å². The number of amides is 1. The van der Waals surface area contributed by atoms with Gasteiger partial charge in [-0.3, -0.25) is 9.78 Å². The Morgan fingerprint density at radius 1 is 1.00 bits per heavy atom. The first-order valence-electron chi connectivity index (χ1n) is 15.7. The van der Waals surface area contributed by atoms with Crippen LogP contribution >= 0.6 is 0 Å². The second-order valence-corrected chi connectivity index (χ2v) is 13.4. The molecule has 0 aliphatic carbocycles. The lowest BCUT2D eigenvalue weighted by Crippen LogP contribution is -2.47. The first-order chi connectivity index (χ1) is 20.8. The molecule has 0 radical (unpaired) electrons. The zero-order chi connectivity index (χ0) is 30.4. The van der Waals surface area contributed by atoms with Gasteiger partial charge in [0.25, 0.3) is 5.91 Å². The van der Waals surface area contributed by atoms with Gasteiger partial charge < -0.3 is 24.8 Å². The molecule has 1 N–H and O–H groups in total. The topological polar surface area (TPSA) is 95.1 Å². The van der Waals surface area contributed by atoms with Crippen molar-refractivity contribution in [2.24, 2.45) is 0 Å². The van der Waals surface area contributed by atoms with Gasteiger partial charge in [-0.15, -0.1) is 0 Å². The minimum absolute atomic E-state index is 0.167. The Morgan fingerprint density at radius 2 is 1.70 bits per heavy atom. The third kappa shape index (κ3) is 6.97. The summed E-state index contributed by atoms with van der Waals surface area (Å²) in [6, 6.07) is 12.4. The Bertz CT molecular complexity index is 1490. The standard InChI is InChI=1S/C33H45N5O4S/c1-4-36(5-2)22-17-34-33(39)25-9-14-30-29(23-25)32(38-20-15-26(16-21-38)37-18-7-6-8-19-37)31(24-35-30)43(40,41)28-12-10-27(42-3)11-13-28/h9-14,23-24,26H,4-8,15-22H2,1-3H3,(H,34,39). The monoisotopic (exact) mass is 607 g/mol. The molecule has 2 aliphatic rings. The summed E-state index contributed by atoms with van der Waals surface area (Å²) in [6.45, 7) is 11.2. The molecule has 0 saturated carbocycles. The molecule has 9 nitrogen and oxygen atoms in total. The lowest BCUT2D eigenvalue weighted by molar-refractivity contribution is 0.0949. The number of carbonyl (C=O) groups is 1. The van der Waals surface area contributed by atoms with Gasteiger partial charge in [0, 0.05) is 49.4 Å². The van der Waals surface area contributed by atoms with Gasteiger partial charge in [0.2, 0.25) is 9.84 Å². The van der Waals surface area contributed by atoms with Gasteiger partial charge in [0.05, 0.1) is 23.2 Å². The molecule has 1 aromatic heterocycles. The van der Waals surface area contributed by atoms with Crippen LogP contribution in [-0.2, 0) is 9.84 Å². The molecule has 3 heterocycles. The summed E-state index contributed by atoms with van der Waals surface area (Å²) in [4.78, 5) is 25.2. The Hall–Kier alpha value is -3.21. The van der Waals surface area contributed by atoms with Crippen molar-refractivity contribution in [1.82, 2.24) is 20.1 Å². The molecule has 0 bridgehead atoms. The number of benzene rings is 2. The predicted molar refractivity (Wildman–Crippen MR) is 171 cm³/mol. The molecule has 10 heteroatoms. The summed E-state index contributed by atoms with van der Waals surface area (Å²) in [6.07, 6.45) is 7.22. The number of likely N-dealkylation sites (tertiary alicyclic amines) is 1. The van der Waals surface area contributed by atoms with E-state index >= 15 is 0 Å². The Kier molecular flexibility index (Phi) is 10.2. The van der Waals surface area contributed by atoms with E-state index in [4.69, 9.17) is 4.74 Å². The Balaban J connectivity index is 1.51. The number of aromatic nitrogens is 1. The Labute approximate surface area is 256 Å². The molecular weight excluding hydrogens is 562 g/mol. The number of nitrogens with zero attached hydrogens (tertiary/aromatic N) is 4. The van der Waals surface area contributed by atoms with E-state index in [1.165, 1.54) is 25.5 Å². The van der Waals surface area contributed by atoms with E-state index in [-0.39, 0.29) is 15.7 Å². The molecule has 0 unspecified atom stereocenters. The highest BCUT2D eigenvalue weighted by atomic mass is 32.2. The zero-order valence-corrected chi connectivity index (χ0v) is 26.5. The van der Waals surface area contributed by atoms with Crippen LogP contribution in [0, 0.1) is 0 Å². The maximum atomic E-state index is 14.1. The normalized spacial score (nSPS) is 17.0. The average Bonchev–Trinajstić information content (AvgIpc) is 3.06. The van der Waals surface area contributed by atoms with Crippen LogP contribution in [0.3, 0.4) is 0 Å². The van der Waals surface area contributed by atoms with Crippen LogP contribution < -0.4 is 15.0 Å². The molecule has 2 saturated heterocycles. The van der Waals surface area contributed by atoms with Crippen LogP contribution in [0.1, 0.15) is 56.3 Å². The van der Waals surface area contributed by atoms with Gasteiger partial charge in [-0.25, -0.2) is 8.42 Å². The van der Waals surface area contributed by atoms with Crippen LogP contribution in [0.5, 0.6) is 5.75 Å². The summed E-state index contributed by atoms with van der Waals surface area (Å²) >= 11 is 0. The second kappa shape index (κ2) is 14.1. The van der Waals surface area contributed by atoms with Crippen molar-refractivity contribution < 1.29 is 17.9 Å². The molecule has 0 atom stereocenters. The molecule has 1 amide bonds. The molecule has 232 valence electrons. The molecular formula is C33H45N5O4S. The quantitative estimate of drug-likeness (QED) is 0.338. The van der Waals surface area contributed by atoms with E-state index in [0.717, 1.165) is 58.7 Å². The Morgan fingerprint density at radius 3 is 2.35 bits per heavy atom. The number of methoxy groups -OCH3 is 1. The lowest BCUT2D eigenvalue weighted by atomic mass is 9.99. The maximum Gasteiger partial charge on any atom is 0.251 e. The summed E-state index contributed by atoms with van der Waals surface area (Å²) < 4.78 is 33.5. The van der Waals surface area contributed by atoms with Crippen LogP contribution in [0.4, 0.5) is 5.69 Å². The number of rotatable bonds is 11. The summed E-state index contributed by atoms with van der Waals surface area (Å²) in [5, 5.41) is 3.72. The minimum Gasteiger partial charge on any atom is -0.497 e. The number of hydrogen-bond acceptors (Lipinski definition) is 8. The van der Waals surface area contributed by atoms with E-state index in [9.17, 15) is 13.2 Å². The molecule has 0 spiro atoms. The highest BCUT2D eigenvalue weighted by Gasteiger charge is 2.31. The first-order valence-corrected chi connectivity index (χ1v) is 17.2. The molecule has 3 aromatic rings. The summed E-state index contributed by atoms with van der Waals surface area (Å²) in [5.41, 5.74) is 1.80. The van der Waals surface area contributed by atoms with Crippen molar-refractivity contribution in [3.05, 3.63) is 54.2 Å². The lowest BCUT2D eigenvalue weighted by Gasteiger charge is -2.41. The fraction of sp³-hybridized carbons (Fsp3) is 0.515. The van der Waals surface area contributed by atoms with Crippen molar-refractivity contribution in [1.29, 1.82) is 0 Å². The SMILES string of the molecule is CCN(CC)CCNC(=O)c1ccc2ncc(S(=O)(=O)c3ccc(OC)cc3)c(N3CCC(N4CCCCC4)CC3)c2c1. The number of pyridine rings is 1. The summed E-state index contributed by atoms with van der Waals surface area (Å²) in [5.74, 6) is 0.416. The largest absolute Gasteiger partial charge is 0.497 e. The molecule has 2 aliphatic heterocycles. The number of piperidine rings is 2. The number of nitrogens with one attached hydrogen (secondary N) is 1. The van der Waals surface area contributed by atoms with Gasteiger partial charge in [0.1, 0.15) is 10.6 Å². The zero-order valence-electron chi connectivity index (χ0n) is 25.7. The third-order valence-electron chi connectivity index (χ3n) is 9.02. The fourth-order valence-corrected chi connectivity index (χ4v) is 7.85.